The van der Waals surface area contributed by atoms with Crippen molar-refractivity contribution in [3.63, 3.8) is 0 Å². The first-order valence-electron chi connectivity index (χ1n) is 6.05. The highest BCUT2D eigenvalue weighted by atomic mass is 16.5. The van der Waals surface area contributed by atoms with Gasteiger partial charge in [0.2, 0.25) is 0 Å². The molecule has 0 aromatic heterocycles. The Morgan fingerprint density at radius 3 is 2.71 bits per heavy atom. The van der Waals surface area contributed by atoms with Gasteiger partial charge in [0, 0.05) is 32.7 Å². The number of rotatable bonds is 10. The number of hydrogen-bond donors (Lipinski definition) is 2. The molecule has 0 radical (unpaired) electrons. The molecule has 0 spiro atoms. The van der Waals surface area contributed by atoms with Crippen molar-refractivity contribution in [2.45, 2.75) is 25.3 Å². The van der Waals surface area contributed by atoms with E-state index in [-0.39, 0.29) is 5.84 Å². The second-order valence-corrected chi connectivity index (χ2v) is 4.21. The lowest BCUT2D eigenvalue weighted by Crippen LogP contribution is -2.33. The molecule has 0 atom stereocenters. The van der Waals surface area contributed by atoms with Crippen LogP contribution in [0.2, 0.25) is 0 Å². The van der Waals surface area contributed by atoms with Crippen LogP contribution in [0.25, 0.3) is 0 Å². The Morgan fingerprint density at radius 1 is 1.35 bits per heavy atom. The van der Waals surface area contributed by atoms with Crippen LogP contribution in [0.1, 0.15) is 19.3 Å². The summed E-state index contributed by atoms with van der Waals surface area (Å²) in [7, 11) is 1.66. The van der Waals surface area contributed by atoms with Gasteiger partial charge in [0.05, 0.1) is 19.8 Å². The average molecular weight is 245 g/mol. The quantitative estimate of drug-likeness (QED) is 0.190. The van der Waals surface area contributed by atoms with E-state index in [1.807, 2.05) is 0 Å². The summed E-state index contributed by atoms with van der Waals surface area (Å²) in [4.78, 5) is 2.34. The molecule has 0 heterocycles. The summed E-state index contributed by atoms with van der Waals surface area (Å²) in [6.45, 7) is 3.69. The summed E-state index contributed by atoms with van der Waals surface area (Å²) in [5.41, 5.74) is 5.46. The van der Waals surface area contributed by atoms with Crippen LogP contribution in [0.4, 0.5) is 0 Å². The molecule has 0 amide bonds. The van der Waals surface area contributed by atoms with Crippen molar-refractivity contribution in [3.8, 4) is 0 Å². The van der Waals surface area contributed by atoms with Crippen LogP contribution in [0, 0.1) is 0 Å². The number of nitrogens with two attached hydrogens (primary N) is 1. The molecule has 1 saturated carbocycles. The van der Waals surface area contributed by atoms with E-state index in [1.165, 1.54) is 12.8 Å². The monoisotopic (exact) mass is 245 g/mol. The maximum absolute atomic E-state index is 8.48. The molecular weight excluding hydrogens is 222 g/mol. The molecule has 0 saturated heterocycles. The normalized spacial score (nSPS) is 16.7. The fourth-order valence-electron chi connectivity index (χ4n) is 1.65. The molecule has 0 bridgehead atoms. The highest BCUT2D eigenvalue weighted by molar-refractivity contribution is 5.79. The second kappa shape index (κ2) is 8.27. The zero-order chi connectivity index (χ0) is 12.5. The highest BCUT2D eigenvalue weighted by Crippen LogP contribution is 2.26. The Morgan fingerprint density at radius 2 is 2.12 bits per heavy atom. The van der Waals surface area contributed by atoms with Crippen LogP contribution in [-0.2, 0) is 9.47 Å². The first-order chi connectivity index (χ1) is 8.27. The zero-order valence-electron chi connectivity index (χ0n) is 10.5. The molecule has 1 rings (SSSR count). The summed E-state index contributed by atoms with van der Waals surface area (Å²) >= 11 is 0. The Balaban J connectivity index is 2.11. The standard InChI is InChI=1S/C11H23N3O3/c1-16-8-9-17-7-6-14(10-2-3-10)5-4-11(12)13-15/h10,15H,2-9H2,1H3,(H2,12,13). The van der Waals surface area contributed by atoms with Crippen LogP contribution >= 0.6 is 0 Å². The lowest BCUT2D eigenvalue weighted by Gasteiger charge is -2.21. The van der Waals surface area contributed by atoms with E-state index in [9.17, 15) is 0 Å². The third-order valence-electron chi connectivity index (χ3n) is 2.80. The van der Waals surface area contributed by atoms with E-state index in [0.717, 1.165) is 13.1 Å². The molecule has 1 aliphatic carbocycles. The minimum absolute atomic E-state index is 0.288. The Labute approximate surface area is 102 Å². The first-order valence-corrected chi connectivity index (χ1v) is 6.05. The van der Waals surface area contributed by atoms with Crippen molar-refractivity contribution in [1.82, 2.24) is 4.90 Å². The van der Waals surface area contributed by atoms with Crippen LogP contribution in [0.3, 0.4) is 0 Å². The maximum Gasteiger partial charge on any atom is 0.140 e. The maximum atomic E-state index is 8.48. The van der Waals surface area contributed by atoms with Gasteiger partial charge in [0.25, 0.3) is 0 Å². The van der Waals surface area contributed by atoms with E-state index >= 15 is 0 Å². The molecule has 0 aliphatic heterocycles. The largest absolute Gasteiger partial charge is 0.409 e. The Kier molecular flexibility index (Phi) is 6.91. The van der Waals surface area contributed by atoms with Gasteiger partial charge in [-0.1, -0.05) is 5.16 Å². The summed E-state index contributed by atoms with van der Waals surface area (Å²) in [5.74, 6) is 0.288. The minimum atomic E-state index is 0.288. The predicted octanol–water partition coefficient (Wildman–Crippen LogP) is 0.250. The van der Waals surface area contributed by atoms with Crippen LogP contribution in [0.15, 0.2) is 5.16 Å². The lowest BCUT2D eigenvalue weighted by atomic mass is 10.3. The van der Waals surface area contributed by atoms with E-state index in [0.29, 0.717) is 32.3 Å². The third-order valence-corrected chi connectivity index (χ3v) is 2.80. The Bertz CT molecular complexity index is 232. The number of nitrogens with zero attached hydrogens (tertiary/aromatic N) is 2. The Hall–Kier alpha value is -0.850. The van der Waals surface area contributed by atoms with Crippen molar-refractivity contribution >= 4 is 5.84 Å². The van der Waals surface area contributed by atoms with Gasteiger partial charge in [-0.2, -0.15) is 0 Å². The molecule has 6 heteroatoms. The summed E-state index contributed by atoms with van der Waals surface area (Å²) in [6, 6.07) is 0.660. The van der Waals surface area contributed by atoms with E-state index in [1.54, 1.807) is 7.11 Å². The molecule has 3 N–H and O–H groups in total. The summed E-state index contributed by atoms with van der Waals surface area (Å²) in [6.07, 6.45) is 3.09. The number of oxime groups is 1. The fourth-order valence-corrected chi connectivity index (χ4v) is 1.65. The van der Waals surface area contributed by atoms with Crippen molar-refractivity contribution < 1.29 is 14.7 Å². The van der Waals surface area contributed by atoms with E-state index in [4.69, 9.17) is 20.4 Å². The number of amidine groups is 1. The van der Waals surface area contributed by atoms with Gasteiger partial charge >= 0.3 is 0 Å². The van der Waals surface area contributed by atoms with Gasteiger partial charge < -0.3 is 20.4 Å². The van der Waals surface area contributed by atoms with Crippen LogP contribution in [-0.4, -0.2) is 62.0 Å². The number of hydrogen-bond acceptors (Lipinski definition) is 5. The van der Waals surface area contributed by atoms with Gasteiger partial charge in [-0.3, -0.25) is 4.90 Å². The van der Waals surface area contributed by atoms with Gasteiger partial charge in [0.15, 0.2) is 0 Å². The smallest absolute Gasteiger partial charge is 0.140 e. The molecular formula is C11H23N3O3. The summed E-state index contributed by atoms with van der Waals surface area (Å²) in [5, 5.41) is 11.5. The number of methoxy groups -OCH3 is 1. The fraction of sp³-hybridized carbons (Fsp3) is 0.909. The SMILES string of the molecule is COCCOCCN(CCC(N)=NO)C1CC1. The van der Waals surface area contributed by atoms with Crippen molar-refractivity contribution in [2.75, 3.05) is 40.0 Å². The molecule has 100 valence electrons. The van der Waals surface area contributed by atoms with Crippen LogP contribution < -0.4 is 5.73 Å². The van der Waals surface area contributed by atoms with Gasteiger partial charge in [0.1, 0.15) is 5.84 Å². The van der Waals surface area contributed by atoms with Crippen LogP contribution in [0.5, 0.6) is 0 Å². The van der Waals surface area contributed by atoms with Gasteiger partial charge in [-0.05, 0) is 12.8 Å². The first kappa shape index (κ1) is 14.2. The molecule has 0 aromatic rings. The van der Waals surface area contributed by atoms with Gasteiger partial charge in [-0.25, -0.2) is 0 Å². The van der Waals surface area contributed by atoms with Crippen molar-refractivity contribution in [3.05, 3.63) is 0 Å². The zero-order valence-corrected chi connectivity index (χ0v) is 10.5. The molecule has 17 heavy (non-hydrogen) atoms. The minimum Gasteiger partial charge on any atom is -0.409 e. The predicted molar refractivity (Wildman–Crippen MR) is 65.3 cm³/mol. The molecule has 1 aliphatic rings. The molecule has 6 nitrogen and oxygen atoms in total. The topological polar surface area (TPSA) is 80.3 Å². The van der Waals surface area contributed by atoms with Crippen molar-refractivity contribution in [2.24, 2.45) is 10.9 Å². The second-order valence-electron chi connectivity index (χ2n) is 4.21. The number of ether oxygens (including phenoxy) is 2. The molecule has 1 fully saturated rings. The molecule has 0 aromatic carbocycles. The van der Waals surface area contributed by atoms with E-state index in [2.05, 4.69) is 10.1 Å². The lowest BCUT2D eigenvalue weighted by molar-refractivity contribution is 0.0563. The average Bonchev–Trinajstić information content (AvgIpc) is 3.16. The van der Waals surface area contributed by atoms with E-state index < -0.39 is 0 Å². The third kappa shape index (κ3) is 6.45. The van der Waals surface area contributed by atoms with Gasteiger partial charge in [-0.15, -0.1) is 0 Å². The highest BCUT2D eigenvalue weighted by Gasteiger charge is 2.28. The molecule has 0 unspecified atom stereocenters. The van der Waals surface area contributed by atoms with Crippen molar-refractivity contribution in [1.29, 1.82) is 0 Å². The summed E-state index contributed by atoms with van der Waals surface area (Å²) < 4.78 is 10.3.